The van der Waals surface area contributed by atoms with Crippen molar-refractivity contribution in [2.24, 2.45) is 0 Å². The van der Waals surface area contributed by atoms with Crippen LogP contribution in [0.25, 0.3) is 5.57 Å². The molecule has 0 bridgehead atoms. The Labute approximate surface area is 107 Å². The fourth-order valence-corrected chi connectivity index (χ4v) is 1.81. The van der Waals surface area contributed by atoms with Crippen molar-refractivity contribution in [3.63, 3.8) is 0 Å². The van der Waals surface area contributed by atoms with Crippen molar-refractivity contribution in [1.29, 1.82) is 0 Å². The van der Waals surface area contributed by atoms with E-state index in [1.165, 1.54) is 6.08 Å². The number of carbonyl (C=O) groups is 1. The van der Waals surface area contributed by atoms with Crippen LogP contribution in [0.5, 0.6) is 5.75 Å². The van der Waals surface area contributed by atoms with Crippen LogP contribution in [0.3, 0.4) is 0 Å². The maximum atomic E-state index is 10.4. The van der Waals surface area contributed by atoms with Crippen molar-refractivity contribution >= 4 is 11.5 Å². The van der Waals surface area contributed by atoms with Crippen molar-refractivity contribution in [3.8, 4) is 5.75 Å². The molecule has 1 aromatic carbocycles. The van der Waals surface area contributed by atoms with Gasteiger partial charge in [-0.25, -0.2) is 4.79 Å². The average Bonchev–Trinajstić information content (AvgIpc) is 2.32. The standard InChI is InChI=1S/C15H18O3/c1-10(6-5-7-15(16)17)13-8-9-14(18-4)12(3)11(13)2/h5-9H,1-4H3,(H,16,17)/b7-5+,10-6+. The predicted octanol–water partition coefficient (Wildman–Crippen LogP) is 3.36. The Balaban J connectivity index is 3.11. The lowest BCUT2D eigenvalue weighted by molar-refractivity contribution is -0.131. The molecule has 1 rings (SSSR count). The number of carboxylic acid groups (broad SMARTS) is 1. The molecule has 0 atom stereocenters. The van der Waals surface area contributed by atoms with E-state index in [2.05, 4.69) is 0 Å². The summed E-state index contributed by atoms with van der Waals surface area (Å²) in [6, 6.07) is 3.91. The second-order valence-corrected chi connectivity index (χ2v) is 4.11. The van der Waals surface area contributed by atoms with Crippen LogP contribution >= 0.6 is 0 Å². The van der Waals surface area contributed by atoms with Crippen LogP contribution in [0.2, 0.25) is 0 Å². The third-order valence-electron chi connectivity index (χ3n) is 2.97. The molecular formula is C15H18O3. The molecule has 0 saturated carbocycles. The van der Waals surface area contributed by atoms with Gasteiger partial charge in [0.05, 0.1) is 7.11 Å². The van der Waals surface area contributed by atoms with Gasteiger partial charge in [-0.15, -0.1) is 0 Å². The SMILES string of the molecule is COc1ccc(/C(C)=C/C=C/C(=O)O)c(C)c1C. The van der Waals surface area contributed by atoms with Gasteiger partial charge in [-0.3, -0.25) is 0 Å². The molecule has 0 fully saturated rings. The van der Waals surface area contributed by atoms with Crippen LogP contribution in [0.4, 0.5) is 0 Å². The molecule has 0 heterocycles. The zero-order valence-electron chi connectivity index (χ0n) is 11.2. The highest BCUT2D eigenvalue weighted by Crippen LogP contribution is 2.28. The minimum atomic E-state index is -0.943. The number of carboxylic acids is 1. The first-order chi connectivity index (χ1) is 8.47. The fourth-order valence-electron chi connectivity index (χ4n) is 1.81. The maximum Gasteiger partial charge on any atom is 0.328 e. The molecule has 0 aromatic heterocycles. The Bertz CT molecular complexity index is 511. The number of benzene rings is 1. The van der Waals surface area contributed by atoms with E-state index in [-0.39, 0.29) is 0 Å². The van der Waals surface area contributed by atoms with Gasteiger partial charge < -0.3 is 9.84 Å². The van der Waals surface area contributed by atoms with Crippen LogP contribution in [0.1, 0.15) is 23.6 Å². The molecule has 0 unspecified atom stereocenters. The van der Waals surface area contributed by atoms with Gasteiger partial charge in [-0.05, 0) is 49.1 Å². The summed E-state index contributed by atoms with van der Waals surface area (Å²) in [5, 5.41) is 8.53. The Morgan fingerprint density at radius 2 is 1.94 bits per heavy atom. The molecular weight excluding hydrogens is 228 g/mol. The molecule has 1 aromatic rings. The zero-order valence-corrected chi connectivity index (χ0v) is 11.2. The minimum Gasteiger partial charge on any atom is -0.496 e. The number of hydrogen-bond donors (Lipinski definition) is 1. The molecule has 0 amide bonds. The first-order valence-corrected chi connectivity index (χ1v) is 5.69. The molecule has 1 N–H and O–H groups in total. The van der Waals surface area contributed by atoms with E-state index in [1.807, 2.05) is 32.9 Å². The van der Waals surface area contributed by atoms with E-state index in [1.54, 1.807) is 13.2 Å². The van der Waals surface area contributed by atoms with Crippen molar-refractivity contribution < 1.29 is 14.6 Å². The van der Waals surface area contributed by atoms with Crippen molar-refractivity contribution in [1.82, 2.24) is 0 Å². The molecule has 0 spiro atoms. The fraction of sp³-hybridized carbons (Fsp3) is 0.267. The Kier molecular flexibility index (Phi) is 4.72. The number of allylic oxidation sites excluding steroid dienone is 3. The Morgan fingerprint density at radius 3 is 2.50 bits per heavy atom. The van der Waals surface area contributed by atoms with E-state index < -0.39 is 5.97 Å². The molecule has 0 saturated heterocycles. The molecule has 3 nitrogen and oxygen atoms in total. The Hall–Kier alpha value is -2.03. The lowest BCUT2D eigenvalue weighted by Gasteiger charge is -2.12. The first kappa shape index (κ1) is 14.0. The minimum absolute atomic E-state index is 0.866. The summed E-state index contributed by atoms with van der Waals surface area (Å²) >= 11 is 0. The van der Waals surface area contributed by atoms with E-state index in [9.17, 15) is 4.79 Å². The summed E-state index contributed by atoms with van der Waals surface area (Å²) in [4.78, 5) is 10.4. The highest BCUT2D eigenvalue weighted by Gasteiger charge is 2.07. The third-order valence-corrected chi connectivity index (χ3v) is 2.97. The normalized spacial score (nSPS) is 11.9. The second kappa shape index (κ2) is 6.05. The molecule has 18 heavy (non-hydrogen) atoms. The van der Waals surface area contributed by atoms with Gasteiger partial charge in [0.25, 0.3) is 0 Å². The molecule has 3 heteroatoms. The zero-order chi connectivity index (χ0) is 13.7. The largest absolute Gasteiger partial charge is 0.496 e. The van der Waals surface area contributed by atoms with Crippen molar-refractivity contribution in [3.05, 3.63) is 47.1 Å². The highest BCUT2D eigenvalue weighted by atomic mass is 16.5. The first-order valence-electron chi connectivity index (χ1n) is 5.69. The highest BCUT2D eigenvalue weighted by molar-refractivity contribution is 5.81. The van der Waals surface area contributed by atoms with Crippen LogP contribution < -0.4 is 4.74 Å². The van der Waals surface area contributed by atoms with Gasteiger partial charge in [-0.2, -0.15) is 0 Å². The van der Waals surface area contributed by atoms with Crippen LogP contribution in [-0.2, 0) is 4.79 Å². The summed E-state index contributed by atoms with van der Waals surface area (Å²) in [5.41, 5.74) is 4.37. The molecule has 0 aliphatic heterocycles. The van der Waals surface area contributed by atoms with Gasteiger partial charge in [0.2, 0.25) is 0 Å². The number of hydrogen-bond acceptors (Lipinski definition) is 2. The van der Waals surface area contributed by atoms with Gasteiger partial charge in [0, 0.05) is 6.08 Å². The quantitative estimate of drug-likeness (QED) is 0.654. The van der Waals surface area contributed by atoms with E-state index in [4.69, 9.17) is 9.84 Å². The van der Waals surface area contributed by atoms with E-state index in [0.717, 1.165) is 34.1 Å². The number of methoxy groups -OCH3 is 1. The topological polar surface area (TPSA) is 46.5 Å². The molecule has 0 radical (unpaired) electrons. The van der Waals surface area contributed by atoms with Crippen LogP contribution in [-0.4, -0.2) is 18.2 Å². The predicted molar refractivity (Wildman–Crippen MR) is 72.9 cm³/mol. The van der Waals surface area contributed by atoms with Crippen molar-refractivity contribution in [2.45, 2.75) is 20.8 Å². The van der Waals surface area contributed by atoms with E-state index >= 15 is 0 Å². The Morgan fingerprint density at radius 1 is 1.28 bits per heavy atom. The smallest absolute Gasteiger partial charge is 0.328 e. The second-order valence-electron chi connectivity index (χ2n) is 4.11. The molecule has 96 valence electrons. The lowest BCUT2D eigenvalue weighted by Crippen LogP contribution is -1.94. The summed E-state index contributed by atoms with van der Waals surface area (Å²) in [6.45, 7) is 6.00. The third kappa shape index (κ3) is 3.23. The van der Waals surface area contributed by atoms with Gasteiger partial charge >= 0.3 is 5.97 Å². The van der Waals surface area contributed by atoms with Gasteiger partial charge in [0.1, 0.15) is 5.75 Å². The summed E-state index contributed by atoms with van der Waals surface area (Å²) in [5.74, 6) is -0.0770. The molecule has 0 aliphatic carbocycles. The summed E-state index contributed by atoms with van der Waals surface area (Å²) in [7, 11) is 1.65. The van der Waals surface area contributed by atoms with Gasteiger partial charge in [0.15, 0.2) is 0 Å². The monoisotopic (exact) mass is 246 g/mol. The maximum absolute atomic E-state index is 10.4. The average molecular weight is 246 g/mol. The lowest BCUT2D eigenvalue weighted by atomic mass is 9.97. The number of ether oxygens (including phenoxy) is 1. The number of rotatable bonds is 4. The summed E-state index contributed by atoms with van der Waals surface area (Å²) in [6.07, 6.45) is 4.45. The van der Waals surface area contributed by atoms with Crippen LogP contribution in [0, 0.1) is 13.8 Å². The van der Waals surface area contributed by atoms with E-state index in [0.29, 0.717) is 0 Å². The molecule has 0 aliphatic rings. The van der Waals surface area contributed by atoms with Crippen LogP contribution in [0.15, 0.2) is 30.4 Å². The van der Waals surface area contributed by atoms with Gasteiger partial charge in [-0.1, -0.05) is 18.2 Å². The summed E-state index contributed by atoms with van der Waals surface area (Å²) < 4.78 is 5.26. The van der Waals surface area contributed by atoms with Crippen molar-refractivity contribution in [2.75, 3.05) is 7.11 Å². The number of aliphatic carboxylic acids is 1.